The Labute approximate surface area is 172 Å². The van der Waals surface area contributed by atoms with Gasteiger partial charge in [0.05, 0.1) is 11.1 Å². The molecule has 0 spiro atoms. The fourth-order valence-corrected chi connectivity index (χ4v) is 2.47. The number of nitro benzene ring substituents is 1. The van der Waals surface area contributed by atoms with Gasteiger partial charge in [0.15, 0.2) is 6.61 Å². The van der Waals surface area contributed by atoms with E-state index >= 15 is 0 Å². The zero-order chi connectivity index (χ0) is 21.2. The monoisotopic (exact) mass is 405 g/mol. The number of para-hydroxylation sites is 1. The van der Waals surface area contributed by atoms with E-state index in [9.17, 15) is 14.9 Å². The van der Waals surface area contributed by atoms with Crippen LogP contribution in [0.15, 0.2) is 84.0 Å². The summed E-state index contributed by atoms with van der Waals surface area (Å²) in [6.45, 7) is 0.141. The zero-order valence-corrected chi connectivity index (χ0v) is 15.9. The Bertz CT molecular complexity index is 1020. The van der Waals surface area contributed by atoms with Crippen molar-refractivity contribution in [2.75, 3.05) is 6.61 Å². The number of non-ortho nitro benzene ring substituents is 1. The first kappa shape index (κ1) is 20.5. The van der Waals surface area contributed by atoms with Crippen LogP contribution in [0.1, 0.15) is 11.1 Å². The molecule has 0 aliphatic rings. The SMILES string of the molecule is O=C(COc1ccc([N+](=O)[O-])cc1)N/N=C\c1ccccc1OCc1ccccc1. The van der Waals surface area contributed by atoms with Gasteiger partial charge in [0, 0.05) is 17.7 Å². The lowest BCUT2D eigenvalue weighted by atomic mass is 10.2. The van der Waals surface area contributed by atoms with Crippen molar-refractivity contribution >= 4 is 17.8 Å². The summed E-state index contributed by atoms with van der Waals surface area (Å²) < 4.78 is 11.1. The normalized spacial score (nSPS) is 10.5. The molecule has 1 N–H and O–H groups in total. The van der Waals surface area contributed by atoms with Gasteiger partial charge >= 0.3 is 0 Å². The molecule has 0 aliphatic heterocycles. The molecule has 0 heterocycles. The largest absolute Gasteiger partial charge is 0.488 e. The topological polar surface area (TPSA) is 103 Å². The van der Waals surface area contributed by atoms with Crippen molar-refractivity contribution in [2.24, 2.45) is 5.10 Å². The lowest BCUT2D eigenvalue weighted by Gasteiger charge is -2.09. The fourth-order valence-electron chi connectivity index (χ4n) is 2.47. The Morgan fingerprint density at radius 3 is 2.40 bits per heavy atom. The molecular formula is C22H19N3O5. The summed E-state index contributed by atoms with van der Waals surface area (Å²) in [6.07, 6.45) is 1.49. The van der Waals surface area contributed by atoms with E-state index in [1.54, 1.807) is 0 Å². The number of benzene rings is 3. The summed E-state index contributed by atoms with van der Waals surface area (Å²) in [5, 5.41) is 14.6. The number of hydrazone groups is 1. The lowest BCUT2D eigenvalue weighted by Crippen LogP contribution is -2.24. The summed E-state index contributed by atoms with van der Waals surface area (Å²) >= 11 is 0. The number of carbonyl (C=O) groups excluding carboxylic acids is 1. The van der Waals surface area contributed by atoms with E-state index in [1.165, 1.54) is 30.5 Å². The van der Waals surface area contributed by atoms with Gasteiger partial charge in [-0.2, -0.15) is 5.10 Å². The van der Waals surface area contributed by atoms with Crippen LogP contribution < -0.4 is 14.9 Å². The standard InChI is InChI=1S/C22H19N3O5/c26-22(16-29-20-12-10-19(11-13-20)25(27)28)24-23-14-18-8-4-5-9-21(18)30-15-17-6-2-1-3-7-17/h1-14H,15-16H2,(H,24,26)/b23-14-. The molecule has 0 fully saturated rings. The summed E-state index contributed by atoms with van der Waals surface area (Å²) in [5.41, 5.74) is 4.08. The van der Waals surface area contributed by atoms with Crippen molar-refractivity contribution in [3.8, 4) is 11.5 Å². The highest BCUT2D eigenvalue weighted by Gasteiger charge is 2.06. The molecule has 0 saturated carbocycles. The van der Waals surface area contributed by atoms with E-state index in [4.69, 9.17) is 9.47 Å². The minimum absolute atomic E-state index is 0.0513. The second-order valence-corrected chi connectivity index (χ2v) is 6.14. The maximum absolute atomic E-state index is 11.9. The van der Waals surface area contributed by atoms with Crippen LogP contribution in [-0.4, -0.2) is 23.7 Å². The molecule has 3 aromatic rings. The van der Waals surface area contributed by atoms with Gasteiger partial charge in [-0.1, -0.05) is 42.5 Å². The maximum atomic E-state index is 11.9. The summed E-state index contributed by atoms with van der Waals surface area (Å²) in [6, 6.07) is 22.6. The van der Waals surface area contributed by atoms with Gasteiger partial charge in [-0.3, -0.25) is 14.9 Å². The van der Waals surface area contributed by atoms with E-state index < -0.39 is 10.8 Å². The second kappa shape index (κ2) is 10.4. The van der Waals surface area contributed by atoms with Crippen molar-refractivity contribution in [3.05, 3.63) is 100 Å². The number of nitrogens with one attached hydrogen (secondary N) is 1. The molecule has 30 heavy (non-hydrogen) atoms. The average molecular weight is 405 g/mol. The van der Waals surface area contributed by atoms with Crippen LogP contribution in [0.4, 0.5) is 5.69 Å². The van der Waals surface area contributed by atoms with Crippen molar-refractivity contribution in [2.45, 2.75) is 6.61 Å². The molecule has 8 nitrogen and oxygen atoms in total. The van der Waals surface area contributed by atoms with Crippen LogP contribution in [0.3, 0.4) is 0 Å². The predicted molar refractivity (Wildman–Crippen MR) is 112 cm³/mol. The molecule has 0 saturated heterocycles. The van der Waals surface area contributed by atoms with Gasteiger partial charge in [0.25, 0.3) is 11.6 Å². The molecule has 0 unspecified atom stereocenters. The highest BCUT2D eigenvalue weighted by atomic mass is 16.6. The Morgan fingerprint density at radius 1 is 0.967 bits per heavy atom. The Hall–Kier alpha value is -4.20. The molecule has 0 bridgehead atoms. The predicted octanol–water partition coefficient (Wildman–Crippen LogP) is 3.70. The van der Waals surface area contributed by atoms with E-state index in [0.717, 1.165) is 5.56 Å². The molecule has 0 aromatic heterocycles. The molecule has 1 amide bonds. The van der Waals surface area contributed by atoms with Gasteiger partial charge < -0.3 is 9.47 Å². The molecule has 3 aromatic carbocycles. The van der Waals surface area contributed by atoms with Crippen LogP contribution in [0.2, 0.25) is 0 Å². The van der Waals surface area contributed by atoms with E-state index in [1.807, 2.05) is 54.6 Å². The van der Waals surface area contributed by atoms with E-state index in [-0.39, 0.29) is 12.3 Å². The van der Waals surface area contributed by atoms with Crippen LogP contribution >= 0.6 is 0 Å². The molecule has 0 aliphatic carbocycles. The first-order valence-corrected chi connectivity index (χ1v) is 9.07. The van der Waals surface area contributed by atoms with Crippen LogP contribution in [0, 0.1) is 10.1 Å². The van der Waals surface area contributed by atoms with Crippen molar-refractivity contribution < 1.29 is 19.2 Å². The Morgan fingerprint density at radius 2 is 1.67 bits per heavy atom. The first-order valence-electron chi connectivity index (χ1n) is 9.07. The highest BCUT2D eigenvalue weighted by Crippen LogP contribution is 2.18. The molecule has 152 valence electrons. The molecule has 0 atom stereocenters. The lowest BCUT2D eigenvalue weighted by molar-refractivity contribution is -0.384. The number of hydrogen-bond donors (Lipinski definition) is 1. The van der Waals surface area contributed by atoms with Gasteiger partial charge in [0.2, 0.25) is 0 Å². The number of nitrogens with zero attached hydrogens (tertiary/aromatic N) is 2. The zero-order valence-electron chi connectivity index (χ0n) is 15.9. The summed E-state index contributed by atoms with van der Waals surface area (Å²) in [4.78, 5) is 22.0. The number of amides is 1. The van der Waals surface area contributed by atoms with Crippen LogP contribution in [0.25, 0.3) is 0 Å². The quantitative estimate of drug-likeness (QED) is 0.332. The van der Waals surface area contributed by atoms with Crippen molar-refractivity contribution in [1.29, 1.82) is 0 Å². The molecule has 8 heteroatoms. The maximum Gasteiger partial charge on any atom is 0.277 e. The molecule has 0 radical (unpaired) electrons. The number of carbonyl (C=O) groups is 1. The molecule has 3 rings (SSSR count). The summed E-state index contributed by atoms with van der Waals surface area (Å²) in [5.74, 6) is 0.521. The minimum atomic E-state index is -0.507. The van der Waals surface area contributed by atoms with Crippen molar-refractivity contribution in [1.82, 2.24) is 5.43 Å². The van der Waals surface area contributed by atoms with Gasteiger partial charge in [-0.05, 0) is 29.8 Å². The first-order chi connectivity index (χ1) is 14.6. The van der Waals surface area contributed by atoms with Crippen LogP contribution in [0.5, 0.6) is 11.5 Å². The van der Waals surface area contributed by atoms with Gasteiger partial charge in [-0.25, -0.2) is 5.43 Å². The van der Waals surface area contributed by atoms with Gasteiger partial charge in [0.1, 0.15) is 18.1 Å². The third-order valence-electron chi connectivity index (χ3n) is 3.97. The summed E-state index contributed by atoms with van der Waals surface area (Å²) in [7, 11) is 0. The molecular weight excluding hydrogens is 386 g/mol. The third kappa shape index (κ3) is 6.16. The van der Waals surface area contributed by atoms with Gasteiger partial charge in [-0.15, -0.1) is 0 Å². The highest BCUT2D eigenvalue weighted by molar-refractivity contribution is 5.85. The number of rotatable bonds is 9. The number of hydrogen-bond acceptors (Lipinski definition) is 6. The second-order valence-electron chi connectivity index (χ2n) is 6.14. The Balaban J connectivity index is 1.49. The number of ether oxygens (including phenoxy) is 2. The van der Waals surface area contributed by atoms with Crippen molar-refractivity contribution in [3.63, 3.8) is 0 Å². The minimum Gasteiger partial charge on any atom is -0.488 e. The van der Waals surface area contributed by atoms with Crippen LogP contribution in [-0.2, 0) is 11.4 Å². The fraction of sp³-hybridized carbons (Fsp3) is 0.0909. The van der Waals surface area contributed by atoms with E-state index in [2.05, 4.69) is 10.5 Å². The smallest absolute Gasteiger partial charge is 0.277 e. The Kier molecular flexibility index (Phi) is 7.10. The number of nitro groups is 1. The third-order valence-corrected chi connectivity index (χ3v) is 3.97. The van der Waals surface area contributed by atoms with E-state index in [0.29, 0.717) is 23.7 Å². The average Bonchev–Trinajstić information content (AvgIpc) is 2.78.